The van der Waals surface area contributed by atoms with Gasteiger partial charge in [-0.3, -0.25) is 4.79 Å². The summed E-state index contributed by atoms with van der Waals surface area (Å²) in [7, 11) is 0.910. The van der Waals surface area contributed by atoms with Crippen LogP contribution in [0.25, 0.3) is 0 Å². The third kappa shape index (κ3) is 5.50. The molecule has 11 heteroatoms. The van der Waals surface area contributed by atoms with E-state index in [1.165, 1.54) is 18.2 Å². The molecule has 0 aliphatic rings. The van der Waals surface area contributed by atoms with Crippen LogP contribution in [0.3, 0.4) is 0 Å². The summed E-state index contributed by atoms with van der Waals surface area (Å²) in [6.45, 7) is -1.00. The highest BCUT2D eigenvalue weighted by atomic mass is 35.5. The number of carbonyl (C=O) groups is 3. The molecule has 2 N–H and O–H groups in total. The molecule has 0 bridgehead atoms. The molecule has 0 aliphatic carbocycles. The third-order valence-corrected chi connectivity index (χ3v) is 4.45. The Balaban J connectivity index is 3.37. The van der Waals surface area contributed by atoms with Gasteiger partial charge in [-0.15, -0.1) is 0 Å². The summed E-state index contributed by atoms with van der Waals surface area (Å²) in [4.78, 5) is 33.9. The second kappa shape index (κ2) is 8.59. The van der Waals surface area contributed by atoms with Crippen molar-refractivity contribution in [2.75, 3.05) is 20.1 Å². The Labute approximate surface area is 156 Å². The predicted octanol–water partition coefficient (Wildman–Crippen LogP) is 3.11. The fourth-order valence-electron chi connectivity index (χ4n) is 2.48. The molecule has 1 atom stereocenters. The second-order valence-corrected chi connectivity index (χ2v) is 6.41. The summed E-state index contributed by atoms with van der Waals surface area (Å²) in [6, 6.07) is 4.10. The number of nitrogens with zero attached hydrogens (tertiary/aromatic N) is 1. The van der Waals surface area contributed by atoms with E-state index in [1.807, 2.05) is 5.32 Å². The van der Waals surface area contributed by atoms with E-state index >= 15 is 0 Å². The molecule has 144 valence electrons. The lowest BCUT2D eigenvalue weighted by atomic mass is 9.77. The zero-order chi connectivity index (χ0) is 20.1. The number of alkyl halides is 3. The lowest BCUT2D eigenvalue weighted by Gasteiger charge is -2.36. The number of hydrogen-bond donors (Lipinski definition) is 2. The molecule has 0 aromatic heterocycles. The van der Waals surface area contributed by atoms with Gasteiger partial charge >= 0.3 is 18.2 Å². The van der Waals surface area contributed by atoms with Crippen LogP contribution in [0.5, 0.6) is 0 Å². The quantitative estimate of drug-likeness (QED) is 0.671. The normalized spacial score (nSPS) is 13.6. The Kier molecular flexibility index (Phi) is 7.28. The van der Waals surface area contributed by atoms with Crippen molar-refractivity contribution in [2.45, 2.75) is 18.0 Å². The molecule has 6 nitrogen and oxygen atoms in total. The Morgan fingerprint density at radius 2 is 1.88 bits per heavy atom. The van der Waals surface area contributed by atoms with E-state index in [-0.39, 0.29) is 22.0 Å². The first-order valence-corrected chi connectivity index (χ1v) is 7.87. The van der Waals surface area contributed by atoms with E-state index < -0.39 is 36.7 Å². The minimum Gasteiger partial charge on any atom is -0.465 e. The van der Waals surface area contributed by atoms with Gasteiger partial charge in [-0.1, -0.05) is 29.3 Å². The Hall–Kier alpha value is -2.00. The number of carbonyl (C=O) groups excluding carboxylic acids is 2. The Morgan fingerprint density at radius 3 is 2.35 bits per heavy atom. The first kappa shape index (κ1) is 22.0. The van der Waals surface area contributed by atoms with E-state index in [0.29, 0.717) is 11.2 Å². The number of rotatable bonds is 7. The first-order chi connectivity index (χ1) is 11.9. The molecule has 1 unspecified atom stereocenters. The van der Waals surface area contributed by atoms with Crippen LogP contribution in [-0.4, -0.2) is 54.6 Å². The molecule has 0 saturated heterocycles. The molecular formula is C15H15Cl2F3N2O4. The predicted molar refractivity (Wildman–Crippen MR) is 88.5 cm³/mol. The Morgan fingerprint density at radius 1 is 1.27 bits per heavy atom. The molecule has 1 rings (SSSR count). The number of carboxylic acid groups (broad SMARTS) is 1. The number of hydrogen-bond acceptors (Lipinski definition) is 3. The Bertz CT molecular complexity index is 700. The fraction of sp³-hybridized carbons (Fsp3) is 0.400. The maximum atomic E-state index is 12.7. The molecule has 2 amide bonds. The van der Waals surface area contributed by atoms with Gasteiger partial charge in [0.15, 0.2) is 0 Å². The summed E-state index contributed by atoms with van der Waals surface area (Å²) < 4.78 is 38.1. The van der Waals surface area contributed by atoms with Gasteiger partial charge in [-0.25, -0.2) is 4.79 Å². The molecule has 1 aromatic rings. The van der Waals surface area contributed by atoms with E-state index in [2.05, 4.69) is 0 Å². The summed E-state index contributed by atoms with van der Waals surface area (Å²) in [5.41, 5.74) is -1.21. The van der Waals surface area contributed by atoms with Crippen molar-refractivity contribution in [3.63, 3.8) is 0 Å². The SMILES string of the molecule is CN(CC(CC=O)(CNC(=O)O)c1ccc(Cl)c(Cl)c1)C(=O)C(F)(F)F. The van der Waals surface area contributed by atoms with Crippen LogP contribution in [0.4, 0.5) is 18.0 Å². The summed E-state index contributed by atoms with van der Waals surface area (Å²) in [5.74, 6) is -2.12. The smallest absolute Gasteiger partial charge is 0.465 e. The van der Waals surface area contributed by atoms with Crippen molar-refractivity contribution < 1.29 is 32.7 Å². The maximum Gasteiger partial charge on any atom is 0.471 e. The van der Waals surface area contributed by atoms with Gasteiger partial charge in [0, 0.05) is 32.0 Å². The largest absolute Gasteiger partial charge is 0.471 e. The highest BCUT2D eigenvalue weighted by Crippen LogP contribution is 2.33. The number of halogens is 5. The molecular weight excluding hydrogens is 400 g/mol. The van der Waals surface area contributed by atoms with Gasteiger partial charge in [-0.2, -0.15) is 13.2 Å². The van der Waals surface area contributed by atoms with Crippen molar-refractivity contribution in [3.8, 4) is 0 Å². The number of nitrogens with one attached hydrogen (secondary N) is 1. The van der Waals surface area contributed by atoms with Gasteiger partial charge in [0.1, 0.15) is 6.29 Å². The topological polar surface area (TPSA) is 86.7 Å². The van der Waals surface area contributed by atoms with Crippen LogP contribution in [0.15, 0.2) is 18.2 Å². The van der Waals surface area contributed by atoms with Crippen LogP contribution in [0, 0.1) is 0 Å². The second-order valence-electron chi connectivity index (χ2n) is 5.60. The third-order valence-electron chi connectivity index (χ3n) is 3.71. The van der Waals surface area contributed by atoms with Crippen molar-refractivity contribution in [1.29, 1.82) is 0 Å². The van der Waals surface area contributed by atoms with Crippen molar-refractivity contribution in [2.24, 2.45) is 0 Å². The fourth-order valence-corrected chi connectivity index (χ4v) is 2.77. The number of benzene rings is 1. The minimum atomic E-state index is -5.11. The number of aldehydes is 1. The van der Waals surface area contributed by atoms with Crippen LogP contribution in [0.2, 0.25) is 10.0 Å². The highest BCUT2D eigenvalue weighted by molar-refractivity contribution is 6.42. The molecule has 0 radical (unpaired) electrons. The summed E-state index contributed by atoms with van der Waals surface area (Å²) >= 11 is 11.8. The van der Waals surface area contributed by atoms with Gasteiger partial charge in [0.2, 0.25) is 0 Å². The average molecular weight is 415 g/mol. The lowest BCUT2D eigenvalue weighted by Crippen LogP contribution is -2.51. The van der Waals surface area contributed by atoms with Crippen molar-refractivity contribution in [3.05, 3.63) is 33.8 Å². The zero-order valence-corrected chi connectivity index (χ0v) is 15.0. The van der Waals surface area contributed by atoms with E-state index in [0.717, 1.165) is 7.05 Å². The zero-order valence-electron chi connectivity index (χ0n) is 13.4. The van der Waals surface area contributed by atoms with Crippen LogP contribution < -0.4 is 5.32 Å². The molecule has 1 aromatic carbocycles. The molecule has 0 heterocycles. The highest BCUT2D eigenvalue weighted by Gasteiger charge is 2.44. The van der Waals surface area contributed by atoms with Crippen LogP contribution in [0.1, 0.15) is 12.0 Å². The van der Waals surface area contributed by atoms with E-state index in [9.17, 15) is 27.6 Å². The van der Waals surface area contributed by atoms with E-state index in [4.69, 9.17) is 28.3 Å². The summed E-state index contributed by atoms with van der Waals surface area (Å²) in [5, 5.41) is 11.1. The molecule has 0 saturated carbocycles. The summed E-state index contributed by atoms with van der Waals surface area (Å²) in [6.07, 6.45) is -6.48. The minimum absolute atomic E-state index is 0.0690. The number of amides is 2. The van der Waals surface area contributed by atoms with Gasteiger partial charge in [-0.05, 0) is 17.7 Å². The monoisotopic (exact) mass is 414 g/mol. The molecule has 0 aliphatic heterocycles. The average Bonchev–Trinajstić information content (AvgIpc) is 2.53. The standard InChI is InChI=1S/C15H15Cl2F3N2O4/c1-22(12(24)15(18,19)20)8-14(4-5-23,7-21-13(25)26)9-2-3-10(16)11(17)6-9/h2-3,5-6,21H,4,7-8H2,1H3,(H,25,26). The lowest BCUT2D eigenvalue weighted by molar-refractivity contribution is -0.184. The van der Waals surface area contributed by atoms with Gasteiger partial charge < -0.3 is 20.1 Å². The maximum absolute atomic E-state index is 12.7. The van der Waals surface area contributed by atoms with Crippen LogP contribution in [-0.2, 0) is 15.0 Å². The van der Waals surface area contributed by atoms with Crippen LogP contribution >= 0.6 is 23.2 Å². The first-order valence-electron chi connectivity index (χ1n) is 7.11. The molecule has 26 heavy (non-hydrogen) atoms. The van der Waals surface area contributed by atoms with Crippen molar-refractivity contribution >= 4 is 41.5 Å². The molecule has 0 fully saturated rings. The molecule has 0 spiro atoms. The van der Waals surface area contributed by atoms with Gasteiger partial charge in [0.25, 0.3) is 0 Å². The number of likely N-dealkylation sites (N-methyl/N-ethyl adjacent to an activating group) is 1. The van der Waals surface area contributed by atoms with Gasteiger partial charge in [0.05, 0.1) is 10.0 Å². The van der Waals surface area contributed by atoms with E-state index in [1.54, 1.807) is 0 Å². The van der Waals surface area contributed by atoms with Crippen molar-refractivity contribution in [1.82, 2.24) is 10.2 Å².